The Morgan fingerprint density at radius 2 is 1.72 bits per heavy atom. The number of nitrogens with one attached hydrogen (secondary N) is 2. The van der Waals surface area contributed by atoms with E-state index in [9.17, 15) is 13.2 Å². The second kappa shape index (κ2) is 9.20. The van der Waals surface area contributed by atoms with Crippen molar-refractivity contribution in [3.05, 3.63) is 24.3 Å². The Bertz CT molecular complexity index is 648. The smallest absolute Gasteiger partial charge is 0.241 e. The highest BCUT2D eigenvalue weighted by Crippen LogP contribution is 2.18. The van der Waals surface area contributed by atoms with Gasteiger partial charge in [0.15, 0.2) is 0 Å². The van der Waals surface area contributed by atoms with Crippen molar-refractivity contribution in [2.75, 3.05) is 6.54 Å². The van der Waals surface area contributed by atoms with E-state index in [1.807, 2.05) is 13.8 Å². The molecule has 1 fully saturated rings. The van der Waals surface area contributed by atoms with E-state index in [-0.39, 0.29) is 29.5 Å². The third-order valence-electron chi connectivity index (χ3n) is 4.15. The second-order valence-electron chi connectivity index (χ2n) is 6.72. The Morgan fingerprint density at radius 1 is 1.12 bits per heavy atom. The lowest BCUT2D eigenvalue weighted by molar-refractivity contribution is -0.120. The predicted molar refractivity (Wildman–Crippen MR) is 97.0 cm³/mol. The number of benzene rings is 1. The van der Waals surface area contributed by atoms with E-state index in [0.29, 0.717) is 5.75 Å². The van der Waals surface area contributed by atoms with Crippen LogP contribution in [0.15, 0.2) is 29.2 Å². The van der Waals surface area contributed by atoms with Crippen LogP contribution in [0.25, 0.3) is 0 Å². The first-order valence-corrected chi connectivity index (χ1v) is 10.4. The molecule has 0 aliphatic heterocycles. The third-order valence-corrected chi connectivity index (χ3v) is 5.57. The summed E-state index contributed by atoms with van der Waals surface area (Å²) in [6.07, 6.45) is 6.59. The first-order chi connectivity index (χ1) is 11.9. The van der Waals surface area contributed by atoms with Gasteiger partial charge in [-0.2, -0.15) is 0 Å². The van der Waals surface area contributed by atoms with Gasteiger partial charge in [0.1, 0.15) is 5.75 Å². The zero-order valence-corrected chi connectivity index (χ0v) is 15.8. The Hall–Kier alpha value is -1.60. The first-order valence-electron chi connectivity index (χ1n) is 8.92. The van der Waals surface area contributed by atoms with Crippen LogP contribution >= 0.6 is 0 Å². The molecule has 1 aromatic rings. The Kier molecular flexibility index (Phi) is 7.25. The first kappa shape index (κ1) is 19.7. The largest absolute Gasteiger partial charge is 0.491 e. The van der Waals surface area contributed by atoms with Gasteiger partial charge in [-0.25, -0.2) is 13.1 Å². The molecule has 2 N–H and O–H groups in total. The van der Waals surface area contributed by atoms with Crippen LogP contribution in [-0.2, 0) is 14.8 Å². The lowest BCUT2D eigenvalue weighted by Gasteiger charge is -2.16. The fourth-order valence-electron chi connectivity index (χ4n) is 2.92. The Labute approximate surface area is 150 Å². The van der Waals surface area contributed by atoms with Crippen LogP contribution in [0.3, 0.4) is 0 Å². The summed E-state index contributed by atoms with van der Waals surface area (Å²) < 4.78 is 32.4. The lowest BCUT2D eigenvalue weighted by atomic mass is 10.1. The van der Waals surface area contributed by atoms with Gasteiger partial charge < -0.3 is 10.1 Å². The van der Waals surface area contributed by atoms with Crippen LogP contribution in [0, 0.1) is 0 Å². The molecule has 7 heteroatoms. The fraction of sp³-hybridized carbons (Fsp3) is 0.611. The third kappa shape index (κ3) is 6.66. The SMILES string of the molecule is CC(C)Oc1ccc(S(=O)(=O)NCC(=O)NC2CCCCCC2)cc1. The number of ether oxygens (including phenoxy) is 1. The molecule has 0 radical (unpaired) electrons. The predicted octanol–water partition coefficient (Wildman–Crippen LogP) is 2.59. The van der Waals surface area contributed by atoms with E-state index in [4.69, 9.17) is 4.74 Å². The van der Waals surface area contributed by atoms with Crippen molar-refractivity contribution in [3.63, 3.8) is 0 Å². The normalized spacial score (nSPS) is 16.4. The van der Waals surface area contributed by atoms with Crippen LogP contribution in [0.5, 0.6) is 5.75 Å². The van der Waals surface area contributed by atoms with Crippen molar-refractivity contribution in [1.29, 1.82) is 0 Å². The molecule has 0 heterocycles. The zero-order chi connectivity index (χ0) is 18.3. The summed E-state index contributed by atoms with van der Waals surface area (Å²) in [5.74, 6) is 0.329. The maximum atomic E-state index is 12.3. The maximum absolute atomic E-state index is 12.3. The lowest BCUT2D eigenvalue weighted by Crippen LogP contribution is -2.41. The molecule has 0 atom stereocenters. The molecule has 1 amide bonds. The highest BCUT2D eigenvalue weighted by molar-refractivity contribution is 7.89. The number of carbonyl (C=O) groups excluding carboxylic acids is 1. The molecule has 25 heavy (non-hydrogen) atoms. The molecule has 140 valence electrons. The van der Waals surface area contributed by atoms with E-state index in [0.717, 1.165) is 25.7 Å². The van der Waals surface area contributed by atoms with Gasteiger partial charge in [-0.3, -0.25) is 4.79 Å². The number of carbonyl (C=O) groups is 1. The number of hydrogen-bond donors (Lipinski definition) is 2. The molecule has 0 aromatic heterocycles. The summed E-state index contributed by atoms with van der Waals surface area (Å²) in [5, 5.41) is 2.93. The van der Waals surface area contributed by atoms with E-state index in [2.05, 4.69) is 10.0 Å². The summed E-state index contributed by atoms with van der Waals surface area (Å²) in [6, 6.07) is 6.33. The summed E-state index contributed by atoms with van der Waals surface area (Å²) >= 11 is 0. The van der Waals surface area contributed by atoms with Gasteiger partial charge >= 0.3 is 0 Å². The molecule has 0 spiro atoms. The Morgan fingerprint density at radius 3 is 2.28 bits per heavy atom. The van der Waals surface area contributed by atoms with Crippen LogP contribution < -0.4 is 14.8 Å². The maximum Gasteiger partial charge on any atom is 0.241 e. The second-order valence-corrected chi connectivity index (χ2v) is 8.49. The quantitative estimate of drug-likeness (QED) is 0.725. The topological polar surface area (TPSA) is 84.5 Å². The monoisotopic (exact) mass is 368 g/mol. The highest BCUT2D eigenvalue weighted by atomic mass is 32.2. The van der Waals surface area contributed by atoms with Crippen LogP contribution in [-0.4, -0.2) is 33.0 Å². The van der Waals surface area contributed by atoms with Crippen LogP contribution in [0.1, 0.15) is 52.4 Å². The van der Waals surface area contributed by atoms with Gasteiger partial charge in [-0.05, 0) is 51.0 Å². The molecule has 1 aliphatic carbocycles. The van der Waals surface area contributed by atoms with Crippen molar-refractivity contribution in [3.8, 4) is 5.75 Å². The summed E-state index contributed by atoms with van der Waals surface area (Å²) in [5.41, 5.74) is 0. The molecule has 0 saturated heterocycles. The van der Waals surface area contributed by atoms with Crippen molar-refractivity contribution in [1.82, 2.24) is 10.0 Å². The molecule has 0 bridgehead atoms. The van der Waals surface area contributed by atoms with E-state index >= 15 is 0 Å². The van der Waals surface area contributed by atoms with E-state index < -0.39 is 10.0 Å². The molecule has 0 unspecified atom stereocenters. The van der Waals surface area contributed by atoms with Gasteiger partial charge in [-0.1, -0.05) is 25.7 Å². The summed E-state index contributed by atoms with van der Waals surface area (Å²) in [6.45, 7) is 3.56. The van der Waals surface area contributed by atoms with Gasteiger partial charge in [0, 0.05) is 6.04 Å². The molecule has 6 nitrogen and oxygen atoms in total. The minimum atomic E-state index is -3.71. The number of rotatable bonds is 7. The zero-order valence-electron chi connectivity index (χ0n) is 15.0. The standard InChI is InChI=1S/C18H28N2O4S/c1-14(2)24-16-9-11-17(12-10-16)25(22,23)19-13-18(21)20-15-7-5-3-4-6-8-15/h9-12,14-15,19H,3-8,13H2,1-2H3,(H,20,21). The van der Waals surface area contributed by atoms with Crippen molar-refractivity contribution in [2.24, 2.45) is 0 Å². The number of sulfonamides is 1. The van der Waals surface area contributed by atoms with E-state index in [1.165, 1.54) is 25.0 Å². The van der Waals surface area contributed by atoms with Crippen molar-refractivity contribution in [2.45, 2.75) is 69.4 Å². The van der Waals surface area contributed by atoms with Crippen molar-refractivity contribution < 1.29 is 17.9 Å². The van der Waals surface area contributed by atoms with Gasteiger partial charge in [0.05, 0.1) is 17.5 Å². The summed E-state index contributed by atoms with van der Waals surface area (Å²) in [4.78, 5) is 12.1. The molecule has 1 aliphatic rings. The van der Waals surface area contributed by atoms with Crippen LogP contribution in [0.4, 0.5) is 0 Å². The average Bonchev–Trinajstić information content (AvgIpc) is 2.82. The van der Waals surface area contributed by atoms with Crippen molar-refractivity contribution >= 4 is 15.9 Å². The summed E-state index contributed by atoms with van der Waals surface area (Å²) in [7, 11) is -3.71. The highest BCUT2D eigenvalue weighted by Gasteiger charge is 2.18. The van der Waals surface area contributed by atoms with Gasteiger partial charge in [0.25, 0.3) is 0 Å². The number of hydrogen-bond acceptors (Lipinski definition) is 4. The molecular formula is C18H28N2O4S. The van der Waals surface area contributed by atoms with E-state index in [1.54, 1.807) is 12.1 Å². The average molecular weight is 368 g/mol. The Balaban J connectivity index is 1.86. The molecule has 2 rings (SSSR count). The fourth-order valence-corrected chi connectivity index (χ4v) is 3.90. The molecule has 1 saturated carbocycles. The van der Waals surface area contributed by atoms with Crippen LogP contribution in [0.2, 0.25) is 0 Å². The van der Waals surface area contributed by atoms with Gasteiger partial charge in [0.2, 0.25) is 15.9 Å². The minimum Gasteiger partial charge on any atom is -0.491 e. The minimum absolute atomic E-state index is 0.0215. The van der Waals surface area contributed by atoms with Gasteiger partial charge in [-0.15, -0.1) is 0 Å². The number of amides is 1. The molecule has 1 aromatic carbocycles. The molecular weight excluding hydrogens is 340 g/mol.